The Kier molecular flexibility index (Phi) is 4.29. The smallest absolute Gasteiger partial charge is 0.207 e. The fourth-order valence-corrected chi connectivity index (χ4v) is 3.39. The van der Waals surface area contributed by atoms with Crippen LogP contribution in [0, 0.1) is 5.82 Å². The van der Waals surface area contributed by atoms with E-state index in [1.54, 1.807) is 20.8 Å². The van der Waals surface area contributed by atoms with E-state index in [9.17, 15) is 12.8 Å². The van der Waals surface area contributed by atoms with Crippen molar-refractivity contribution in [2.75, 3.05) is 6.54 Å². The quantitative estimate of drug-likeness (QED) is 0.790. The molecule has 0 fully saturated rings. The molecule has 18 heavy (non-hydrogen) atoms. The van der Waals surface area contributed by atoms with Crippen LogP contribution < -0.4 is 0 Å². The molecular weight excluding hydrogens is 253 g/mol. The highest BCUT2D eigenvalue weighted by Gasteiger charge is 2.33. The van der Waals surface area contributed by atoms with E-state index >= 15 is 0 Å². The number of nitrogens with zero attached hydrogens (tertiary/aromatic N) is 1. The molecule has 0 radical (unpaired) electrons. The summed E-state index contributed by atoms with van der Waals surface area (Å²) < 4.78 is 39.3. The fraction of sp³-hybridized carbons (Fsp3) is 0.385. The van der Waals surface area contributed by atoms with Crippen LogP contribution in [0.3, 0.4) is 0 Å². The molecule has 0 aliphatic rings. The van der Waals surface area contributed by atoms with Crippen LogP contribution in [-0.4, -0.2) is 24.8 Å². The Morgan fingerprint density at radius 3 is 2.44 bits per heavy atom. The summed E-state index contributed by atoms with van der Waals surface area (Å²) in [5.74, 6) is -0.566. The fourth-order valence-electron chi connectivity index (χ4n) is 1.60. The molecule has 0 aliphatic heterocycles. The summed E-state index contributed by atoms with van der Waals surface area (Å²) in [7, 11) is -3.72. The van der Waals surface area contributed by atoms with E-state index in [1.165, 1.54) is 28.6 Å². The number of rotatable bonds is 4. The molecule has 0 heterocycles. The molecule has 1 rings (SSSR count). The average molecular weight is 271 g/mol. The Balaban J connectivity index is 3.30. The first-order valence-corrected chi connectivity index (χ1v) is 7.03. The number of hydrogen-bond acceptors (Lipinski definition) is 2. The molecule has 0 saturated carbocycles. The van der Waals surface area contributed by atoms with E-state index in [0.717, 1.165) is 6.07 Å². The molecule has 0 atom stereocenters. The van der Waals surface area contributed by atoms with Crippen molar-refractivity contribution in [1.82, 2.24) is 4.31 Å². The van der Waals surface area contributed by atoms with E-state index in [4.69, 9.17) is 0 Å². The zero-order chi connectivity index (χ0) is 14.0. The van der Waals surface area contributed by atoms with Crippen LogP contribution in [0.25, 0.3) is 0 Å². The van der Waals surface area contributed by atoms with Gasteiger partial charge in [-0.15, -0.1) is 6.58 Å². The van der Waals surface area contributed by atoms with Gasteiger partial charge in [0.1, 0.15) is 5.82 Å². The predicted octanol–water partition coefficient (Wildman–Crippen LogP) is 2.80. The molecule has 0 unspecified atom stereocenters. The largest absolute Gasteiger partial charge is 0.243 e. The van der Waals surface area contributed by atoms with Gasteiger partial charge in [-0.1, -0.05) is 12.1 Å². The molecule has 5 heteroatoms. The van der Waals surface area contributed by atoms with Gasteiger partial charge in [0.2, 0.25) is 10.0 Å². The van der Waals surface area contributed by atoms with Gasteiger partial charge in [0.15, 0.2) is 0 Å². The lowest BCUT2D eigenvalue weighted by atomic mass is 10.1. The molecule has 1 aromatic carbocycles. The van der Waals surface area contributed by atoms with Gasteiger partial charge < -0.3 is 0 Å². The van der Waals surface area contributed by atoms with E-state index in [2.05, 4.69) is 6.58 Å². The van der Waals surface area contributed by atoms with Gasteiger partial charge in [-0.3, -0.25) is 0 Å². The van der Waals surface area contributed by atoms with Crippen LogP contribution in [0.4, 0.5) is 4.39 Å². The van der Waals surface area contributed by atoms with Crippen molar-refractivity contribution < 1.29 is 12.8 Å². The van der Waals surface area contributed by atoms with Gasteiger partial charge in [0, 0.05) is 12.1 Å². The second-order valence-corrected chi connectivity index (χ2v) is 6.82. The predicted molar refractivity (Wildman–Crippen MR) is 70.2 cm³/mol. The van der Waals surface area contributed by atoms with E-state index < -0.39 is 21.4 Å². The SMILES string of the molecule is C=CCN(C(C)(C)C)S(=O)(=O)c1cccc(F)c1. The third-order valence-electron chi connectivity index (χ3n) is 2.43. The molecule has 100 valence electrons. The topological polar surface area (TPSA) is 37.4 Å². The van der Waals surface area contributed by atoms with Gasteiger partial charge in [-0.2, -0.15) is 4.31 Å². The minimum atomic E-state index is -3.72. The van der Waals surface area contributed by atoms with Crippen molar-refractivity contribution in [3.63, 3.8) is 0 Å². The highest BCUT2D eigenvalue weighted by Crippen LogP contribution is 2.24. The first-order chi connectivity index (χ1) is 8.19. The summed E-state index contributed by atoms with van der Waals surface area (Å²) in [5, 5.41) is 0. The number of hydrogen-bond donors (Lipinski definition) is 0. The van der Waals surface area contributed by atoms with E-state index in [1.807, 2.05) is 0 Å². The molecular formula is C13H18FNO2S. The van der Waals surface area contributed by atoms with E-state index in [0.29, 0.717) is 0 Å². The molecule has 1 aromatic rings. The minimum Gasteiger partial charge on any atom is -0.207 e. The molecule has 0 bridgehead atoms. The van der Waals surface area contributed by atoms with Gasteiger partial charge in [0.25, 0.3) is 0 Å². The van der Waals surface area contributed by atoms with Crippen LogP contribution in [0.2, 0.25) is 0 Å². The Morgan fingerprint density at radius 1 is 1.39 bits per heavy atom. The summed E-state index contributed by atoms with van der Waals surface area (Å²) in [5.41, 5.74) is -0.598. The highest BCUT2D eigenvalue weighted by molar-refractivity contribution is 7.89. The molecule has 0 N–H and O–H groups in total. The summed E-state index contributed by atoms with van der Waals surface area (Å²) in [4.78, 5) is -0.0423. The number of halogens is 1. The molecule has 0 saturated heterocycles. The van der Waals surface area contributed by atoms with Crippen molar-refractivity contribution in [3.8, 4) is 0 Å². The zero-order valence-corrected chi connectivity index (χ0v) is 11.7. The van der Waals surface area contributed by atoms with Crippen molar-refractivity contribution in [3.05, 3.63) is 42.7 Å². The van der Waals surface area contributed by atoms with Crippen molar-refractivity contribution >= 4 is 10.0 Å². The standard InChI is InChI=1S/C13H18FNO2S/c1-5-9-15(13(2,3)4)18(16,17)12-8-6-7-11(14)10-12/h5-8,10H,1,9H2,2-4H3. The van der Waals surface area contributed by atoms with Crippen molar-refractivity contribution in [2.45, 2.75) is 31.2 Å². The van der Waals surface area contributed by atoms with Crippen LogP contribution in [0.1, 0.15) is 20.8 Å². The maximum Gasteiger partial charge on any atom is 0.243 e. The van der Waals surface area contributed by atoms with Gasteiger partial charge in [0.05, 0.1) is 4.90 Å². The lowest BCUT2D eigenvalue weighted by Crippen LogP contribution is -2.45. The van der Waals surface area contributed by atoms with Gasteiger partial charge in [-0.05, 0) is 39.0 Å². The Bertz CT molecular complexity index is 532. The average Bonchev–Trinajstić information content (AvgIpc) is 2.24. The van der Waals surface area contributed by atoms with Crippen LogP contribution >= 0.6 is 0 Å². The van der Waals surface area contributed by atoms with Gasteiger partial charge in [-0.25, -0.2) is 12.8 Å². The van der Waals surface area contributed by atoms with Crippen molar-refractivity contribution in [2.24, 2.45) is 0 Å². The normalized spacial score (nSPS) is 12.7. The molecule has 0 spiro atoms. The highest BCUT2D eigenvalue weighted by atomic mass is 32.2. The third-order valence-corrected chi connectivity index (χ3v) is 4.55. The first-order valence-electron chi connectivity index (χ1n) is 5.59. The van der Waals surface area contributed by atoms with Crippen LogP contribution in [-0.2, 0) is 10.0 Å². The molecule has 0 amide bonds. The zero-order valence-electron chi connectivity index (χ0n) is 10.9. The summed E-state index contributed by atoms with van der Waals surface area (Å²) in [6.45, 7) is 9.10. The number of sulfonamides is 1. The summed E-state index contributed by atoms with van der Waals surface area (Å²) >= 11 is 0. The van der Waals surface area contributed by atoms with Gasteiger partial charge >= 0.3 is 0 Å². The summed E-state index contributed by atoms with van der Waals surface area (Å²) in [6.07, 6.45) is 1.52. The number of benzene rings is 1. The summed E-state index contributed by atoms with van der Waals surface area (Å²) in [6, 6.07) is 5.02. The Labute approximate surface area is 108 Å². The maximum absolute atomic E-state index is 13.1. The lowest BCUT2D eigenvalue weighted by Gasteiger charge is -2.33. The second kappa shape index (κ2) is 5.20. The van der Waals surface area contributed by atoms with E-state index in [-0.39, 0.29) is 11.4 Å². The molecule has 0 aliphatic carbocycles. The van der Waals surface area contributed by atoms with Crippen LogP contribution in [0.5, 0.6) is 0 Å². The minimum absolute atomic E-state index is 0.0423. The van der Waals surface area contributed by atoms with Crippen LogP contribution in [0.15, 0.2) is 41.8 Å². The Morgan fingerprint density at radius 2 is 2.00 bits per heavy atom. The maximum atomic E-state index is 13.1. The molecule has 3 nitrogen and oxygen atoms in total. The monoisotopic (exact) mass is 271 g/mol. The molecule has 0 aromatic heterocycles. The first kappa shape index (κ1) is 14.9. The second-order valence-electron chi connectivity index (χ2n) is 4.95. The third kappa shape index (κ3) is 3.17. The van der Waals surface area contributed by atoms with Crippen molar-refractivity contribution in [1.29, 1.82) is 0 Å². The Hall–Kier alpha value is -1.20. The lowest BCUT2D eigenvalue weighted by molar-refractivity contribution is 0.270.